The first kappa shape index (κ1) is 17.9. The molecule has 0 aliphatic carbocycles. The molecule has 6 heteroatoms. The Hall–Kier alpha value is -3.15. The molecule has 5 rings (SSSR count). The molecule has 1 saturated heterocycles. The molecule has 0 spiro atoms. The number of para-hydroxylation sites is 1. The number of carbonyl (C=O) groups excluding carboxylic acids is 2. The summed E-state index contributed by atoms with van der Waals surface area (Å²) in [7, 11) is 0. The van der Waals surface area contributed by atoms with E-state index in [1.54, 1.807) is 28.0 Å². The van der Waals surface area contributed by atoms with E-state index in [1.165, 1.54) is 6.07 Å². The maximum atomic E-state index is 14.0. The second kappa shape index (κ2) is 6.44. The van der Waals surface area contributed by atoms with E-state index in [2.05, 4.69) is 11.1 Å². The Morgan fingerprint density at radius 2 is 1.86 bits per heavy atom. The van der Waals surface area contributed by atoms with Gasteiger partial charge in [-0.2, -0.15) is 0 Å². The summed E-state index contributed by atoms with van der Waals surface area (Å²) < 4.78 is 14.0. The summed E-state index contributed by atoms with van der Waals surface area (Å²) in [5, 5.41) is 1.10. The van der Waals surface area contributed by atoms with Crippen molar-refractivity contribution >= 4 is 22.7 Å². The van der Waals surface area contributed by atoms with E-state index in [0.29, 0.717) is 25.1 Å². The van der Waals surface area contributed by atoms with E-state index in [0.717, 1.165) is 28.6 Å². The van der Waals surface area contributed by atoms with Crippen molar-refractivity contribution in [2.24, 2.45) is 0 Å². The number of hydrogen-bond acceptors (Lipinski definition) is 2. The molecule has 5 nitrogen and oxygen atoms in total. The molecule has 0 saturated carbocycles. The van der Waals surface area contributed by atoms with Crippen molar-refractivity contribution in [2.45, 2.75) is 25.3 Å². The van der Waals surface area contributed by atoms with Crippen LogP contribution in [0.4, 0.5) is 4.39 Å². The van der Waals surface area contributed by atoms with Crippen molar-refractivity contribution in [2.75, 3.05) is 19.6 Å². The number of rotatable bonds is 3. The van der Waals surface area contributed by atoms with Crippen LogP contribution in [0.5, 0.6) is 0 Å². The fourth-order valence-electron chi connectivity index (χ4n) is 4.82. The molecule has 2 aromatic carbocycles. The van der Waals surface area contributed by atoms with Crippen LogP contribution >= 0.6 is 0 Å². The third kappa shape index (κ3) is 2.58. The van der Waals surface area contributed by atoms with Crippen molar-refractivity contribution < 1.29 is 14.0 Å². The van der Waals surface area contributed by atoms with Crippen molar-refractivity contribution in [1.82, 2.24) is 14.8 Å². The van der Waals surface area contributed by atoms with Crippen LogP contribution in [-0.4, -0.2) is 46.2 Å². The van der Waals surface area contributed by atoms with Crippen LogP contribution in [0.25, 0.3) is 10.9 Å². The van der Waals surface area contributed by atoms with Gasteiger partial charge in [-0.05, 0) is 43.0 Å². The summed E-state index contributed by atoms with van der Waals surface area (Å²) in [4.78, 5) is 33.2. The van der Waals surface area contributed by atoms with Crippen molar-refractivity contribution in [1.29, 1.82) is 0 Å². The average Bonchev–Trinajstić information content (AvgIpc) is 3.11. The Morgan fingerprint density at radius 3 is 2.69 bits per heavy atom. The van der Waals surface area contributed by atoms with Crippen LogP contribution in [0, 0.1) is 5.82 Å². The first-order valence-electron chi connectivity index (χ1n) is 9.93. The number of hydrogen-bond donors (Lipinski definition) is 1. The molecule has 1 atom stereocenters. The Morgan fingerprint density at radius 1 is 1.10 bits per heavy atom. The molecular weight excluding hydrogens is 369 g/mol. The number of amides is 2. The quantitative estimate of drug-likeness (QED) is 0.746. The van der Waals surface area contributed by atoms with Crippen LogP contribution in [-0.2, 0) is 28.0 Å². The third-order valence-corrected chi connectivity index (χ3v) is 6.37. The first-order valence-corrected chi connectivity index (χ1v) is 9.93. The number of nitrogens with one attached hydrogen (secondary N) is 1. The first-order chi connectivity index (χ1) is 14.0. The number of nitrogens with zero attached hydrogens (tertiary/aromatic N) is 2. The summed E-state index contributed by atoms with van der Waals surface area (Å²) in [5.74, 6) is -0.461. The van der Waals surface area contributed by atoms with Crippen molar-refractivity contribution in [3.63, 3.8) is 0 Å². The molecule has 0 unspecified atom stereocenters. The number of carbonyl (C=O) groups is 2. The summed E-state index contributed by atoms with van der Waals surface area (Å²) >= 11 is 0. The minimum absolute atomic E-state index is 0.0401. The van der Waals surface area contributed by atoms with Gasteiger partial charge in [0.15, 0.2) is 5.54 Å². The smallest absolute Gasteiger partial charge is 0.254 e. The summed E-state index contributed by atoms with van der Waals surface area (Å²) in [6.45, 7) is 2.70. The van der Waals surface area contributed by atoms with Gasteiger partial charge in [0, 0.05) is 24.0 Å². The minimum Gasteiger partial charge on any atom is -0.356 e. The maximum absolute atomic E-state index is 14.0. The number of H-pyrrole nitrogens is 1. The standard InChI is InChI=1S/C23H22FN3O2/c1-23-21-17(16-7-3-5-9-19(16)25-21)11-13-27(23)20(28)14-26(22(23)29)12-10-15-6-2-4-8-18(15)24/h2-9,25H,10-14H2,1H3/t23-/m0/s1. The van der Waals surface area contributed by atoms with Gasteiger partial charge in [-0.15, -0.1) is 0 Å². The minimum atomic E-state index is -1.06. The number of piperazine rings is 1. The fourth-order valence-corrected chi connectivity index (χ4v) is 4.82. The van der Waals surface area contributed by atoms with Gasteiger partial charge in [0.05, 0.1) is 12.2 Å². The van der Waals surface area contributed by atoms with Crippen molar-refractivity contribution in [3.8, 4) is 0 Å². The lowest BCUT2D eigenvalue weighted by Gasteiger charge is -2.49. The second-order valence-corrected chi connectivity index (χ2v) is 7.96. The van der Waals surface area contributed by atoms with E-state index in [-0.39, 0.29) is 24.2 Å². The number of benzene rings is 2. The molecular formula is C23H22FN3O2. The van der Waals surface area contributed by atoms with Crippen LogP contribution in [0.15, 0.2) is 48.5 Å². The maximum Gasteiger partial charge on any atom is 0.254 e. The number of aromatic amines is 1. The molecule has 2 aliphatic rings. The fraction of sp³-hybridized carbons (Fsp3) is 0.304. The third-order valence-electron chi connectivity index (χ3n) is 6.37. The van der Waals surface area contributed by atoms with E-state index < -0.39 is 5.54 Å². The molecule has 3 aromatic rings. The predicted octanol–water partition coefficient (Wildman–Crippen LogP) is 2.99. The monoisotopic (exact) mass is 391 g/mol. The van der Waals surface area contributed by atoms with Gasteiger partial charge in [0.25, 0.3) is 5.91 Å². The highest BCUT2D eigenvalue weighted by Crippen LogP contribution is 2.41. The summed E-state index contributed by atoms with van der Waals surface area (Å²) in [5.41, 5.74) is 2.38. The van der Waals surface area contributed by atoms with E-state index in [1.807, 2.05) is 25.1 Å². The number of halogens is 1. The topological polar surface area (TPSA) is 56.4 Å². The molecule has 3 heterocycles. The Bertz CT molecular complexity index is 1140. The van der Waals surface area contributed by atoms with Crippen LogP contribution in [0.3, 0.4) is 0 Å². The molecule has 2 amide bonds. The molecule has 148 valence electrons. The number of fused-ring (bicyclic) bond motifs is 5. The highest BCUT2D eigenvalue weighted by molar-refractivity contribution is 6.00. The summed E-state index contributed by atoms with van der Waals surface area (Å²) in [6, 6.07) is 14.5. The Balaban J connectivity index is 1.51. The van der Waals surface area contributed by atoms with Gasteiger partial charge >= 0.3 is 0 Å². The van der Waals surface area contributed by atoms with Crippen LogP contribution in [0.2, 0.25) is 0 Å². The van der Waals surface area contributed by atoms with Gasteiger partial charge in [-0.25, -0.2) is 4.39 Å². The van der Waals surface area contributed by atoms with E-state index in [9.17, 15) is 14.0 Å². The molecule has 1 N–H and O–H groups in total. The molecule has 29 heavy (non-hydrogen) atoms. The zero-order valence-corrected chi connectivity index (χ0v) is 16.2. The van der Waals surface area contributed by atoms with Gasteiger partial charge in [0.1, 0.15) is 5.82 Å². The lowest BCUT2D eigenvalue weighted by Crippen LogP contribution is -2.67. The van der Waals surface area contributed by atoms with Gasteiger partial charge in [0.2, 0.25) is 5.91 Å². The largest absolute Gasteiger partial charge is 0.356 e. The second-order valence-electron chi connectivity index (χ2n) is 7.96. The van der Waals surface area contributed by atoms with Gasteiger partial charge in [-0.1, -0.05) is 36.4 Å². The normalized spacial score (nSPS) is 21.4. The number of aromatic nitrogens is 1. The molecule has 1 aromatic heterocycles. The highest BCUT2D eigenvalue weighted by atomic mass is 19.1. The molecule has 0 bridgehead atoms. The summed E-state index contributed by atoms with van der Waals surface area (Å²) in [6.07, 6.45) is 1.10. The molecule has 1 fully saturated rings. The zero-order valence-electron chi connectivity index (χ0n) is 16.2. The molecule has 2 aliphatic heterocycles. The lowest BCUT2D eigenvalue weighted by atomic mass is 9.83. The SMILES string of the molecule is C[C@]12C(=O)N(CCc3ccccc3F)CC(=O)N1CCc1c2[nH]c2ccccc12. The van der Waals surface area contributed by atoms with Gasteiger partial charge in [-0.3, -0.25) is 9.59 Å². The lowest BCUT2D eigenvalue weighted by molar-refractivity contribution is -0.165. The van der Waals surface area contributed by atoms with Crippen molar-refractivity contribution in [3.05, 3.63) is 71.2 Å². The van der Waals surface area contributed by atoms with Crippen LogP contribution in [0.1, 0.15) is 23.7 Å². The Kier molecular flexibility index (Phi) is 3.98. The van der Waals surface area contributed by atoms with Gasteiger partial charge < -0.3 is 14.8 Å². The van der Waals surface area contributed by atoms with E-state index >= 15 is 0 Å². The Labute approximate surface area is 168 Å². The highest BCUT2D eigenvalue weighted by Gasteiger charge is 2.53. The predicted molar refractivity (Wildman–Crippen MR) is 108 cm³/mol. The van der Waals surface area contributed by atoms with E-state index in [4.69, 9.17) is 0 Å². The van der Waals surface area contributed by atoms with Crippen LogP contribution < -0.4 is 0 Å². The molecule has 0 radical (unpaired) electrons. The zero-order chi connectivity index (χ0) is 20.2. The average molecular weight is 391 g/mol.